The van der Waals surface area contributed by atoms with Gasteiger partial charge in [0.25, 0.3) is 0 Å². The fourth-order valence-electron chi connectivity index (χ4n) is 2.00. The molecule has 0 unspecified atom stereocenters. The highest BCUT2D eigenvalue weighted by Crippen LogP contribution is 2.23. The molecule has 3 heteroatoms. The van der Waals surface area contributed by atoms with Gasteiger partial charge in [-0.2, -0.15) is 0 Å². The summed E-state index contributed by atoms with van der Waals surface area (Å²) in [6, 6.07) is 11.0. The lowest BCUT2D eigenvalue weighted by atomic mass is 10.1. The predicted molar refractivity (Wildman–Crippen MR) is 84.9 cm³/mol. The van der Waals surface area contributed by atoms with E-state index >= 15 is 0 Å². The summed E-state index contributed by atoms with van der Waals surface area (Å²) < 4.78 is 0. The van der Waals surface area contributed by atoms with Crippen molar-refractivity contribution in [3.05, 3.63) is 51.7 Å². The Labute approximate surface area is 122 Å². The molecule has 0 fully saturated rings. The van der Waals surface area contributed by atoms with E-state index in [0.717, 1.165) is 18.4 Å². The molecule has 1 aromatic carbocycles. The van der Waals surface area contributed by atoms with Gasteiger partial charge in [0.1, 0.15) is 0 Å². The Hall–Kier alpha value is -0.800. The number of thiophene rings is 1. The molecule has 0 saturated carbocycles. The largest absolute Gasteiger partial charge is 0.367 e. The monoisotopic (exact) mass is 323 g/mol. The third-order valence-electron chi connectivity index (χ3n) is 3.14. The van der Waals surface area contributed by atoms with Gasteiger partial charge in [-0.25, -0.2) is 0 Å². The standard InChI is InChI=1S/C15H18BrNS/c1-3-17(11-15-5-4-8-18-15)14-7-6-13(10-16)12(2)9-14/h4-9H,3,10-11H2,1-2H3. The van der Waals surface area contributed by atoms with E-state index in [0.29, 0.717) is 0 Å². The molecule has 2 aromatic rings. The van der Waals surface area contributed by atoms with E-state index in [-0.39, 0.29) is 0 Å². The molecule has 1 heterocycles. The molecule has 0 aliphatic carbocycles. The van der Waals surface area contributed by atoms with E-state index in [9.17, 15) is 0 Å². The van der Waals surface area contributed by atoms with Crippen molar-refractivity contribution in [1.29, 1.82) is 0 Å². The second-order valence-electron chi connectivity index (χ2n) is 4.34. The van der Waals surface area contributed by atoms with E-state index < -0.39 is 0 Å². The smallest absolute Gasteiger partial charge is 0.0522 e. The topological polar surface area (TPSA) is 3.24 Å². The molecule has 0 aliphatic rings. The predicted octanol–water partition coefficient (Wildman–Crippen LogP) is 4.98. The third kappa shape index (κ3) is 3.15. The van der Waals surface area contributed by atoms with E-state index in [2.05, 4.69) is 70.4 Å². The van der Waals surface area contributed by atoms with E-state index in [1.54, 1.807) is 0 Å². The van der Waals surface area contributed by atoms with Crippen LogP contribution in [0.1, 0.15) is 22.9 Å². The Morgan fingerprint density at radius 2 is 2.11 bits per heavy atom. The number of rotatable bonds is 5. The van der Waals surface area contributed by atoms with Crippen molar-refractivity contribution < 1.29 is 0 Å². The number of alkyl halides is 1. The fraction of sp³-hybridized carbons (Fsp3) is 0.333. The van der Waals surface area contributed by atoms with Gasteiger partial charge in [-0.1, -0.05) is 28.1 Å². The highest BCUT2D eigenvalue weighted by Gasteiger charge is 2.07. The molecule has 0 atom stereocenters. The van der Waals surface area contributed by atoms with Crippen LogP contribution in [0, 0.1) is 6.92 Å². The molecule has 0 radical (unpaired) electrons. The van der Waals surface area contributed by atoms with E-state index in [1.807, 2.05) is 11.3 Å². The van der Waals surface area contributed by atoms with Crippen LogP contribution in [0.15, 0.2) is 35.7 Å². The first-order chi connectivity index (χ1) is 8.74. The molecular weight excluding hydrogens is 306 g/mol. The number of nitrogens with zero attached hydrogens (tertiary/aromatic N) is 1. The maximum Gasteiger partial charge on any atom is 0.0522 e. The lowest BCUT2D eigenvalue weighted by Gasteiger charge is -2.23. The minimum Gasteiger partial charge on any atom is -0.367 e. The van der Waals surface area contributed by atoms with Gasteiger partial charge in [-0.3, -0.25) is 0 Å². The molecule has 2 rings (SSSR count). The Kier molecular flexibility index (Phi) is 4.84. The lowest BCUT2D eigenvalue weighted by molar-refractivity contribution is 0.841. The van der Waals surface area contributed by atoms with Gasteiger partial charge < -0.3 is 4.90 Å². The van der Waals surface area contributed by atoms with Crippen molar-refractivity contribution in [3.63, 3.8) is 0 Å². The highest BCUT2D eigenvalue weighted by atomic mass is 79.9. The summed E-state index contributed by atoms with van der Waals surface area (Å²) in [4.78, 5) is 3.83. The molecule has 0 aliphatic heterocycles. The van der Waals surface area contributed by atoms with E-state index in [4.69, 9.17) is 0 Å². The summed E-state index contributed by atoms with van der Waals surface area (Å²) in [5.41, 5.74) is 4.04. The SMILES string of the molecule is CCN(Cc1cccs1)c1ccc(CBr)c(C)c1. The quantitative estimate of drug-likeness (QED) is 0.701. The number of aryl methyl sites for hydroxylation is 1. The van der Waals surface area contributed by atoms with Crippen LogP contribution in [0.25, 0.3) is 0 Å². The Balaban J connectivity index is 2.19. The number of anilines is 1. The average Bonchev–Trinajstić information content (AvgIpc) is 2.88. The second kappa shape index (κ2) is 6.39. The molecule has 1 aromatic heterocycles. The molecular formula is C15H18BrNS. The van der Waals surface area contributed by atoms with Crippen molar-refractivity contribution in [3.8, 4) is 0 Å². The molecule has 0 spiro atoms. The van der Waals surface area contributed by atoms with Crippen molar-refractivity contribution in [1.82, 2.24) is 0 Å². The first-order valence-electron chi connectivity index (χ1n) is 6.17. The van der Waals surface area contributed by atoms with Crippen LogP contribution in [0.2, 0.25) is 0 Å². The molecule has 0 N–H and O–H groups in total. The number of halogens is 1. The van der Waals surface area contributed by atoms with Crippen molar-refractivity contribution >= 4 is 33.0 Å². The lowest BCUT2D eigenvalue weighted by Crippen LogP contribution is -2.21. The summed E-state index contributed by atoms with van der Waals surface area (Å²) in [5.74, 6) is 0. The number of hydrogen-bond donors (Lipinski definition) is 0. The molecule has 1 nitrogen and oxygen atoms in total. The number of benzene rings is 1. The Morgan fingerprint density at radius 3 is 2.67 bits per heavy atom. The maximum atomic E-state index is 3.52. The van der Waals surface area contributed by atoms with Gasteiger partial charge in [-0.05, 0) is 48.6 Å². The zero-order chi connectivity index (χ0) is 13.0. The minimum atomic E-state index is 0.927. The molecule has 0 bridgehead atoms. The Bertz CT molecular complexity index is 493. The van der Waals surface area contributed by atoms with Crippen molar-refractivity contribution in [2.24, 2.45) is 0 Å². The van der Waals surface area contributed by atoms with Gasteiger partial charge in [0.15, 0.2) is 0 Å². The van der Waals surface area contributed by atoms with Crippen LogP contribution in [-0.2, 0) is 11.9 Å². The van der Waals surface area contributed by atoms with Gasteiger partial charge in [-0.15, -0.1) is 11.3 Å². The van der Waals surface area contributed by atoms with Crippen LogP contribution in [-0.4, -0.2) is 6.54 Å². The first-order valence-corrected chi connectivity index (χ1v) is 8.17. The van der Waals surface area contributed by atoms with Crippen LogP contribution in [0.3, 0.4) is 0 Å². The van der Waals surface area contributed by atoms with Crippen molar-refractivity contribution in [2.45, 2.75) is 25.7 Å². The molecule has 18 heavy (non-hydrogen) atoms. The fourth-order valence-corrected chi connectivity index (χ4v) is 3.35. The van der Waals surface area contributed by atoms with Crippen molar-refractivity contribution in [2.75, 3.05) is 11.4 Å². The van der Waals surface area contributed by atoms with Gasteiger partial charge in [0.2, 0.25) is 0 Å². The third-order valence-corrected chi connectivity index (χ3v) is 4.61. The zero-order valence-corrected chi connectivity index (χ0v) is 13.2. The van der Waals surface area contributed by atoms with Gasteiger partial charge in [0, 0.05) is 22.4 Å². The first kappa shape index (κ1) is 13.6. The van der Waals surface area contributed by atoms with Crippen LogP contribution in [0.5, 0.6) is 0 Å². The molecule has 0 amide bonds. The minimum absolute atomic E-state index is 0.927. The van der Waals surface area contributed by atoms with Gasteiger partial charge in [0.05, 0.1) is 6.54 Å². The highest BCUT2D eigenvalue weighted by molar-refractivity contribution is 9.08. The normalized spacial score (nSPS) is 10.6. The molecule has 96 valence electrons. The summed E-state index contributed by atoms with van der Waals surface area (Å²) >= 11 is 5.35. The summed E-state index contributed by atoms with van der Waals surface area (Å²) in [7, 11) is 0. The van der Waals surface area contributed by atoms with Gasteiger partial charge >= 0.3 is 0 Å². The second-order valence-corrected chi connectivity index (χ2v) is 5.93. The maximum absolute atomic E-state index is 3.52. The zero-order valence-electron chi connectivity index (χ0n) is 10.8. The Morgan fingerprint density at radius 1 is 1.28 bits per heavy atom. The summed E-state index contributed by atoms with van der Waals surface area (Å²) in [6.07, 6.45) is 0. The summed E-state index contributed by atoms with van der Waals surface area (Å²) in [6.45, 7) is 6.42. The van der Waals surface area contributed by atoms with E-state index in [1.165, 1.54) is 21.7 Å². The average molecular weight is 324 g/mol. The number of hydrogen-bond acceptors (Lipinski definition) is 2. The van der Waals surface area contributed by atoms with Crippen LogP contribution >= 0.6 is 27.3 Å². The van der Waals surface area contributed by atoms with Crippen LogP contribution in [0.4, 0.5) is 5.69 Å². The van der Waals surface area contributed by atoms with Crippen LogP contribution < -0.4 is 4.90 Å². The summed E-state index contributed by atoms with van der Waals surface area (Å²) in [5, 5.41) is 3.07. The molecule has 0 saturated heterocycles.